The van der Waals surface area contributed by atoms with E-state index in [1.54, 1.807) is 0 Å². The summed E-state index contributed by atoms with van der Waals surface area (Å²) in [5.74, 6) is 0.925. The number of para-hydroxylation sites is 4. The van der Waals surface area contributed by atoms with Crippen molar-refractivity contribution in [3.05, 3.63) is 152 Å². The zero-order valence-electron chi connectivity index (χ0n) is 24.2. The summed E-state index contributed by atoms with van der Waals surface area (Å²) in [5.41, 5.74) is 8.05. The highest BCUT2D eigenvalue weighted by Crippen LogP contribution is 2.39. The van der Waals surface area contributed by atoms with E-state index in [4.69, 9.17) is 4.98 Å². The van der Waals surface area contributed by atoms with E-state index in [9.17, 15) is 0 Å². The Hall–Kier alpha value is -5.71. The van der Waals surface area contributed by atoms with Gasteiger partial charge in [0.15, 0.2) is 0 Å². The minimum atomic E-state index is 0.925. The fraction of sp³-hybridized carbons (Fsp3) is 0. The van der Waals surface area contributed by atoms with Gasteiger partial charge in [-0.05, 0) is 66.7 Å². The van der Waals surface area contributed by atoms with Gasteiger partial charge in [0.2, 0.25) is 0 Å². The second-order valence-corrected chi connectivity index (χ2v) is 12.7. The number of fused-ring (bicyclic) bond motifs is 9. The standard InChI is InChI=1S/C41H25N3S/c1-5-15-35-28(10-1)29-11-2-6-16-36(29)43(35)27-21-23-40-33(25-27)32-24-26(20-22-39(32)45-40)34-14-9-19-41(42-34)44-37-17-7-3-12-30(37)31-13-4-8-18-38(31)44/h1-25H. The Balaban J connectivity index is 1.15. The maximum atomic E-state index is 5.25. The first-order chi connectivity index (χ1) is 22.3. The van der Waals surface area contributed by atoms with Gasteiger partial charge < -0.3 is 4.57 Å². The van der Waals surface area contributed by atoms with E-state index in [1.165, 1.54) is 69.5 Å². The second-order valence-electron chi connectivity index (χ2n) is 11.6. The SMILES string of the molecule is c1cc(-c2ccc3sc4ccc(-n5c6ccccc6c6ccccc65)cc4c3c2)nc(-n2c3ccccc3c3ccccc32)c1. The summed E-state index contributed by atoms with van der Waals surface area (Å²) < 4.78 is 7.25. The molecule has 0 bridgehead atoms. The average molecular weight is 592 g/mol. The molecule has 10 rings (SSSR count). The monoisotopic (exact) mass is 591 g/mol. The fourth-order valence-electron chi connectivity index (χ4n) is 7.14. The summed E-state index contributed by atoms with van der Waals surface area (Å²) in [6, 6.07) is 54.6. The highest BCUT2D eigenvalue weighted by atomic mass is 32.1. The molecule has 3 nitrogen and oxygen atoms in total. The molecule has 10 aromatic rings. The van der Waals surface area contributed by atoms with Gasteiger partial charge in [-0.1, -0.05) is 84.9 Å². The van der Waals surface area contributed by atoms with Crippen molar-refractivity contribution in [2.24, 2.45) is 0 Å². The first-order valence-corrected chi connectivity index (χ1v) is 16.0. The van der Waals surface area contributed by atoms with Crippen molar-refractivity contribution in [1.82, 2.24) is 14.1 Å². The fourth-order valence-corrected chi connectivity index (χ4v) is 8.21. The molecule has 0 fully saturated rings. The minimum absolute atomic E-state index is 0.925. The van der Waals surface area contributed by atoms with Crippen molar-refractivity contribution < 1.29 is 0 Å². The molecule has 0 radical (unpaired) electrons. The Labute approximate surface area is 262 Å². The number of benzene rings is 6. The third-order valence-electron chi connectivity index (χ3n) is 9.13. The molecule has 45 heavy (non-hydrogen) atoms. The van der Waals surface area contributed by atoms with Crippen LogP contribution in [0.2, 0.25) is 0 Å². The molecule has 0 saturated heterocycles. The molecule has 0 aliphatic carbocycles. The van der Waals surface area contributed by atoms with Crippen LogP contribution in [0.4, 0.5) is 0 Å². The lowest BCUT2D eigenvalue weighted by Gasteiger charge is -2.10. The Morgan fingerprint density at radius 1 is 0.400 bits per heavy atom. The van der Waals surface area contributed by atoms with Gasteiger partial charge >= 0.3 is 0 Å². The van der Waals surface area contributed by atoms with Gasteiger partial charge in [0.25, 0.3) is 0 Å². The lowest BCUT2D eigenvalue weighted by molar-refractivity contribution is 1.08. The normalized spacial score (nSPS) is 12.0. The molecular formula is C41H25N3S. The molecule has 4 heterocycles. The molecule has 0 saturated carbocycles. The number of hydrogen-bond acceptors (Lipinski definition) is 2. The Morgan fingerprint density at radius 3 is 1.51 bits per heavy atom. The summed E-state index contributed by atoms with van der Waals surface area (Å²) in [4.78, 5) is 5.25. The van der Waals surface area contributed by atoms with Crippen molar-refractivity contribution in [1.29, 1.82) is 0 Å². The van der Waals surface area contributed by atoms with E-state index in [1.807, 2.05) is 11.3 Å². The van der Waals surface area contributed by atoms with E-state index in [0.29, 0.717) is 0 Å². The molecule has 0 aliphatic rings. The van der Waals surface area contributed by atoms with Crippen LogP contribution < -0.4 is 0 Å². The molecule has 4 aromatic heterocycles. The number of nitrogens with zero attached hydrogens (tertiary/aromatic N) is 3. The number of hydrogen-bond donors (Lipinski definition) is 0. The van der Waals surface area contributed by atoms with E-state index >= 15 is 0 Å². The first kappa shape index (κ1) is 24.7. The smallest absolute Gasteiger partial charge is 0.138 e. The van der Waals surface area contributed by atoms with Crippen LogP contribution >= 0.6 is 11.3 Å². The molecule has 0 atom stereocenters. The first-order valence-electron chi connectivity index (χ1n) is 15.2. The number of thiophene rings is 1. The Morgan fingerprint density at radius 2 is 0.911 bits per heavy atom. The molecule has 0 unspecified atom stereocenters. The van der Waals surface area contributed by atoms with E-state index in [2.05, 4.69) is 161 Å². The number of pyridine rings is 1. The van der Waals surface area contributed by atoms with Gasteiger partial charge in [0.1, 0.15) is 5.82 Å². The predicted molar refractivity (Wildman–Crippen MR) is 191 cm³/mol. The van der Waals surface area contributed by atoms with E-state index < -0.39 is 0 Å². The van der Waals surface area contributed by atoms with E-state index in [0.717, 1.165) is 17.1 Å². The molecule has 6 aromatic carbocycles. The van der Waals surface area contributed by atoms with Crippen molar-refractivity contribution in [3.8, 4) is 22.8 Å². The Kier molecular flexibility index (Phi) is 5.16. The zero-order chi connectivity index (χ0) is 29.5. The topological polar surface area (TPSA) is 22.8 Å². The van der Waals surface area contributed by atoms with Crippen molar-refractivity contribution in [2.45, 2.75) is 0 Å². The van der Waals surface area contributed by atoms with Crippen LogP contribution in [0, 0.1) is 0 Å². The van der Waals surface area contributed by atoms with Gasteiger partial charge in [0.05, 0.1) is 27.8 Å². The van der Waals surface area contributed by atoms with Crippen molar-refractivity contribution >= 4 is 75.1 Å². The predicted octanol–water partition coefficient (Wildman–Crippen LogP) is 11.3. The van der Waals surface area contributed by atoms with Crippen LogP contribution in [0.3, 0.4) is 0 Å². The van der Waals surface area contributed by atoms with Crippen LogP contribution in [0.25, 0.3) is 86.5 Å². The van der Waals surface area contributed by atoms with Crippen LogP contribution in [0.5, 0.6) is 0 Å². The largest absolute Gasteiger partial charge is 0.309 e. The molecule has 0 N–H and O–H groups in total. The summed E-state index contributed by atoms with van der Waals surface area (Å²) in [7, 11) is 0. The van der Waals surface area contributed by atoms with Gasteiger partial charge in [-0.15, -0.1) is 11.3 Å². The molecule has 4 heteroatoms. The lowest BCUT2D eigenvalue weighted by Crippen LogP contribution is -1.98. The maximum absolute atomic E-state index is 5.25. The van der Waals surface area contributed by atoms with E-state index in [-0.39, 0.29) is 0 Å². The van der Waals surface area contributed by atoms with Gasteiger partial charge in [-0.25, -0.2) is 4.98 Å². The molecule has 0 amide bonds. The minimum Gasteiger partial charge on any atom is -0.309 e. The number of rotatable bonds is 3. The third-order valence-corrected chi connectivity index (χ3v) is 10.3. The van der Waals surface area contributed by atoms with Crippen LogP contribution in [0.15, 0.2) is 152 Å². The van der Waals surface area contributed by atoms with Crippen molar-refractivity contribution in [3.63, 3.8) is 0 Å². The highest BCUT2D eigenvalue weighted by molar-refractivity contribution is 7.25. The van der Waals surface area contributed by atoms with Gasteiger partial charge in [-0.2, -0.15) is 0 Å². The lowest BCUT2D eigenvalue weighted by atomic mass is 10.1. The summed E-state index contributed by atoms with van der Waals surface area (Å²) in [6.45, 7) is 0. The summed E-state index contributed by atoms with van der Waals surface area (Å²) in [6.07, 6.45) is 0. The van der Waals surface area contributed by atoms with Crippen LogP contribution in [-0.4, -0.2) is 14.1 Å². The second kappa shape index (κ2) is 9.39. The number of aromatic nitrogens is 3. The van der Waals surface area contributed by atoms with Crippen molar-refractivity contribution in [2.75, 3.05) is 0 Å². The maximum Gasteiger partial charge on any atom is 0.138 e. The molecule has 210 valence electrons. The summed E-state index contributed by atoms with van der Waals surface area (Å²) >= 11 is 1.85. The zero-order valence-corrected chi connectivity index (χ0v) is 25.0. The average Bonchev–Trinajstić information content (AvgIpc) is 3.75. The van der Waals surface area contributed by atoms with Crippen LogP contribution in [0.1, 0.15) is 0 Å². The van der Waals surface area contributed by atoms with Gasteiger partial charge in [0, 0.05) is 53.0 Å². The quantitative estimate of drug-likeness (QED) is 0.200. The third kappa shape index (κ3) is 3.60. The molecule has 0 aliphatic heterocycles. The molecular weight excluding hydrogens is 567 g/mol. The molecule has 0 spiro atoms. The van der Waals surface area contributed by atoms with Crippen LogP contribution in [-0.2, 0) is 0 Å². The van der Waals surface area contributed by atoms with Gasteiger partial charge in [-0.3, -0.25) is 4.57 Å². The summed E-state index contributed by atoms with van der Waals surface area (Å²) in [5, 5.41) is 7.57. The highest BCUT2D eigenvalue weighted by Gasteiger charge is 2.16. The Bertz CT molecular complexity index is 2670.